The molecule has 2 unspecified atom stereocenters. The molecule has 2 atom stereocenters. The molecular formula is C16H30N2O3. The Morgan fingerprint density at radius 1 is 1.24 bits per heavy atom. The summed E-state index contributed by atoms with van der Waals surface area (Å²) in [5, 5.41) is 2.63. The lowest BCUT2D eigenvalue weighted by Crippen LogP contribution is -2.43. The van der Waals surface area contributed by atoms with E-state index in [1.165, 1.54) is 19.3 Å². The molecule has 1 saturated carbocycles. The van der Waals surface area contributed by atoms with Gasteiger partial charge in [-0.1, -0.05) is 19.8 Å². The molecule has 1 fully saturated rings. The summed E-state index contributed by atoms with van der Waals surface area (Å²) in [6.45, 7) is 7.98. The zero-order valence-electron chi connectivity index (χ0n) is 14.1. The Bertz CT molecular complexity index is 363. The summed E-state index contributed by atoms with van der Waals surface area (Å²) in [6, 6.07) is 0.341. The summed E-state index contributed by atoms with van der Waals surface area (Å²) >= 11 is 0. The topological polar surface area (TPSA) is 58.6 Å². The Morgan fingerprint density at radius 3 is 2.43 bits per heavy atom. The SMILES string of the molecule is CC1CCCCC1N(C)C(=O)CCNC(=O)OC(C)(C)C. The van der Waals surface area contributed by atoms with Gasteiger partial charge >= 0.3 is 6.09 Å². The summed E-state index contributed by atoms with van der Waals surface area (Å²) in [4.78, 5) is 25.6. The first-order valence-electron chi connectivity index (χ1n) is 7.93. The standard InChI is InChI=1S/C16H30N2O3/c1-12-8-6-7-9-13(12)18(5)14(19)10-11-17-15(20)21-16(2,3)4/h12-13H,6-11H2,1-5H3,(H,17,20). The zero-order valence-corrected chi connectivity index (χ0v) is 14.1. The third-order valence-electron chi connectivity index (χ3n) is 3.96. The predicted molar refractivity (Wildman–Crippen MR) is 83.0 cm³/mol. The highest BCUT2D eigenvalue weighted by atomic mass is 16.6. The Morgan fingerprint density at radius 2 is 1.86 bits per heavy atom. The van der Waals surface area contributed by atoms with E-state index in [1.807, 2.05) is 32.7 Å². The van der Waals surface area contributed by atoms with Gasteiger partial charge in [-0.15, -0.1) is 0 Å². The van der Waals surface area contributed by atoms with Gasteiger partial charge in [-0.3, -0.25) is 4.79 Å². The molecule has 0 aromatic carbocycles. The van der Waals surface area contributed by atoms with Crippen molar-refractivity contribution in [1.29, 1.82) is 0 Å². The maximum absolute atomic E-state index is 12.2. The molecule has 1 rings (SSSR count). The summed E-state index contributed by atoms with van der Waals surface area (Å²) in [5.41, 5.74) is -0.511. The molecule has 0 bridgehead atoms. The van der Waals surface area contributed by atoms with Gasteiger partial charge in [0.05, 0.1) is 0 Å². The largest absolute Gasteiger partial charge is 0.444 e. The summed E-state index contributed by atoms with van der Waals surface area (Å²) in [6.07, 6.45) is 4.59. The van der Waals surface area contributed by atoms with E-state index in [0.29, 0.717) is 24.9 Å². The maximum atomic E-state index is 12.2. The molecule has 1 aliphatic rings. The van der Waals surface area contributed by atoms with Gasteiger partial charge in [-0.25, -0.2) is 4.79 Å². The van der Waals surface area contributed by atoms with Crippen LogP contribution in [0, 0.1) is 5.92 Å². The highest BCUT2D eigenvalue weighted by Gasteiger charge is 2.27. The number of nitrogens with zero attached hydrogens (tertiary/aromatic N) is 1. The molecule has 0 aliphatic heterocycles. The van der Waals surface area contributed by atoms with Crippen LogP contribution in [0.3, 0.4) is 0 Å². The van der Waals surface area contributed by atoms with Crippen LogP contribution < -0.4 is 5.32 Å². The Kier molecular flexibility index (Phi) is 6.49. The quantitative estimate of drug-likeness (QED) is 0.868. The predicted octanol–water partition coefficient (Wildman–Crippen LogP) is 2.94. The fraction of sp³-hybridized carbons (Fsp3) is 0.875. The van der Waals surface area contributed by atoms with Crippen LogP contribution in [0.4, 0.5) is 4.79 Å². The molecule has 5 heteroatoms. The van der Waals surface area contributed by atoms with Gasteiger partial charge < -0.3 is 15.0 Å². The number of rotatable bonds is 4. The number of hydrogen-bond acceptors (Lipinski definition) is 3. The molecular weight excluding hydrogens is 268 g/mol. The Hall–Kier alpha value is -1.26. The molecule has 0 heterocycles. The van der Waals surface area contributed by atoms with Crippen molar-refractivity contribution in [3.8, 4) is 0 Å². The average Bonchev–Trinajstić information content (AvgIpc) is 2.36. The summed E-state index contributed by atoms with van der Waals surface area (Å²) in [5.74, 6) is 0.649. The lowest BCUT2D eigenvalue weighted by molar-refractivity contribution is -0.133. The van der Waals surface area contributed by atoms with E-state index in [1.54, 1.807) is 0 Å². The molecule has 5 nitrogen and oxygen atoms in total. The van der Waals surface area contributed by atoms with Crippen molar-refractivity contribution in [3.63, 3.8) is 0 Å². The van der Waals surface area contributed by atoms with Crippen LogP contribution in [0.1, 0.15) is 59.8 Å². The van der Waals surface area contributed by atoms with Gasteiger partial charge in [0.2, 0.25) is 5.91 Å². The molecule has 0 radical (unpaired) electrons. The van der Waals surface area contributed by atoms with Crippen LogP contribution in [0.5, 0.6) is 0 Å². The van der Waals surface area contributed by atoms with Gasteiger partial charge in [0.25, 0.3) is 0 Å². The van der Waals surface area contributed by atoms with E-state index in [2.05, 4.69) is 12.2 Å². The van der Waals surface area contributed by atoms with Crippen LogP contribution in [0.25, 0.3) is 0 Å². The van der Waals surface area contributed by atoms with Crippen molar-refractivity contribution in [2.45, 2.75) is 71.4 Å². The molecule has 0 saturated heterocycles. The lowest BCUT2D eigenvalue weighted by Gasteiger charge is -2.36. The first-order valence-corrected chi connectivity index (χ1v) is 7.93. The number of carbonyl (C=O) groups is 2. The van der Waals surface area contributed by atoms with Crippen LogP contribution in [-0.4, -0.2) is 42.1 Å². The van der Waals surface area contributed by atoms with E-state index >= 15 is 0 Å². The van der Waals surface area contributed by atoms with Crippen molar-refractivity contribution >= 4 is 12.0 Å². The molecule has 122 valence electrons. The van der Waals surface area contributed by atoms with Crippen molar-refractivity contribution in [1.82, 2.24) is 10.2 Å². The fourth-order valence-electron chi connectivity index (χ4n) is 2.82. The van der Waals surface area contributed by atoms with Crippen LogP contribution >= 0.6 is 0 Å². The van der Waals surface area contributed by atoms with Crippen molar-refractivity contribution in [2.75, 3.05) is 13.6 Å². The first kappa shape index (κ1) is 17.8. The molecule has 0 spiro atoms. The summed E-state index contributed by atoms with van der Waals surface area (Å²) < 4.78 is 5.14. The third kappa shape index (κ3) is 6.36. The molecule has 2 amide bonds. The van der Waals surface area contributed by atoms with E-state index in [0.717, 1.165) is 6.42 Å². The lowest BCUT2D eigenvalue weighted by atomic mass is 9.85. The van der Waals surface area contributed by atoms with Crippen LogP contribution in [0.2, 0.25) is 0 Å². The third-order valence-corrected chi connectivity index (χ3v) is 3.96. The molecule has 0 aromatic rings. The summed E-state index contributed by atoms with van der Waals surface area (Å²) in [7, 11) is 1.88. The van der Waals surface area contributed by atoms with Gasteiger partial charge in [0, 0.05) is 26.1 Å². The van der Waals surface area contributed by atoms with E-state index in [-0.39, 0.29) is 5.91 Å². The fourth-order valence-corrected chi connectivity index (χ4v) is 2.82. The van der Waals surface area contributed by atoms with E-state index < -0.39 is 11.7 Å². The number of nitrogens with one attached hydrogen (secondary N) is 1. The number of amides is 2. The highest BCUT2D eigenvalue weighted by Crippen LogP contribution is 2.27. The average molecular weight is 298 g/mol. The minimum absolute atomic E-state index is 0.0878. The zero-order chi connectivity index (χ0) is 16.0. The van der Waals surface area contributed by atoms with Crippen LogP contribution in [-0.2, 0) is 9.53 Å². The second-order valence-electron chi connectivity index (χ2n) is 7.01. The minimum atomic E-state index is -0.511. The Balaban J connectivity index is 2.31. The van der Waals surface area contributed by atoms with Gasteiger partial charge in [0.15, 0.2) is 0 Å². The van der Waals surface area contributed by atoms with Crippen LogP contribution in [0.15, 0.2) is 0 Å². The number of hydrogen-bond donors (Lipinski definition) is 1. The van der Waals surface area contributed by atoms with Gasteiger partial charge in [-0.2, -0.15) is 0 Å². The monoisotopic (exact) mass is 298 g/mol. The number of carbonyl (C=O) groups excluding carboxylic acids is 2. The van der Waals surface area contributed by atoms with E-state index in [9.17, 15) is 9.59 Å². The minimum Gasteiger partial charge on any atom is -0.444 e. The second kappa shape index (κ2) is 7.66. The molecule has 21 heavy (non-hydrogen) atoms. The molecule has 0 aromatic heterocycles. The normalized spacial score (nSPS) is 22.5. The Labute approximate surface area is 128 Å². The smallest absolute Gasteiger partial charge is 0.407 e. The number of alkyl carbamates (subject to hydrolysis) is 1. The van der Waals surface area contributed by atoms with Crippen molar-refractivity contribution in [3.05, 3.63) is 0 Å². The second-order valence-corrected chi connectivity index (χ2v) is 7.01. The first-order chi connectivity index (χ1) is 9.70. The molecule has 1 N–H and O–H groups in total. The van der Waals surface area contributed by atoms with Crippen molar-refractivity contribution in [2.24, 2.45) is 5.92 Å². The number of ether oxygens (including phenoxy) is 1. The van der Waals surface area contributed by atoms with Gasteiger partial charge in [-0.05, 0) is 39.5 Å². The van der Waals surface area contributed by atoms with Gasteiger partial charge in [0.1, 0.15) is 5.60 Å². The van der Waals surface area contributed by atoms with Crippen molar-refractivity contribution < 1.29 is 14.3 Å². The highest BCUT2D eigenvalue weighted by molar-refractivity contribution is 5.77. The molecule has 1 aliphatic carbocycles. The van der Waals surface area contributed by atoms with E-state index in [4.69, 9.17) is 4.74 Å². The maximum Gasteiger partial charge on any atom is 0.407 e.